The van der Waals surface area contributed by atoms with Crippen molar-refractivity contribution in [3.05, 3.63) is 65.3 Å². The van der Waals surface area contributed by atoms with Crippen molar-refractivity contribution in [2.24, 2.45) is 0 Å². The van der Waals surface area contributed by atoms with Crippen LogP contribution in [-0.4, -0.2) is 42.5 Å². The first-order valence-electron chi connectivity index (χ1n) is 11.0. The number of amides is 1. The molecule has 36 heavy (non-hydrogen) atoms. The lowest BCUT2D eigenvalue weighted by Crippen LogP contribution is -2.56. The van der Waals surface area contributed by atoms with Gasteiger partial charge >= 0.3 is 11.9 Å². The second kappa shape index (κ2) is 10.2. The molecule has 0 spiro atoms. The van der Waals surface area contributed by atoms with Crippen LogP contribution in [0.1, 0.15) is 35.4 Å². The smallest absolute Gasteiger partial charge is 0.346 e. The van der Waals surface area contributed by atoms with Crippen molar-refractivity contribution in [3.8, 4) is 0 Å². The molecule has 0 fully saturated rings. The summed E-state index contributed by atoms with van der Waals surface area (Å²) in [5.41, 5.74) is 3.55. The third-order valence-corrected chi connectivity index (χ3v) is 10.3. The molecule has 0 radical (unpaired) electrons. The number of aryl methyl sites for hydroxylation is 2. The summed E-state index contributed by atoms with van der Waals surface area (Å²) in [6.45, 7) is 7.88. The number of thiocarbonyl (C=S) groups is 1. The zero-order valence-electron chi connectivity index (χ0n) is 20.7. The van der Waals surface area contributed by atoms with E-state index < -0.39 is 17.5 Å². The topological polar surface area (TPSA) is 72.9 Å². The number of hydrogen-bond donors (Lipinski definition) is 0. The molecule has 1 aromatic heterocycles. The van der Waals surface area contributed by atoms with E-state index >= 15 is 0 Å². The maximum Gasteiger partial charge on any atom is 0.346 e. The Morgan fingerprint density at radius 3 is 2.11 bits per heavy atom. The molecule has 0 bridgehead atoms. The van der Waals surface area contributed by atoms with Crippen LogP contribution in [0.15, 0.2) is 43.7 Å². The van der Waals surface area contributed by atoms with Crippen LogP contribution in [0.4, 0.5) is 5.69 Å². The third-order valence-electron chi connectivity index (χ3n) is 6.16. The lowest BCUT2D eigenvalue weighted by atomic mass is 9.82. The monoisotopic (exact) mass is 559 g/mol. The first kappa shape index (κ1) is 26.7. The molecule has 0 N–H and O–H groups in total. The number of carbonyl (C=O) groups excluding carboxylic acids is 3. The summed E-state index contributed by atoms with van der Waals surface area (Å²) in [5.74, 6) is -1.27. The zero-order chi connectivity index (χ0) is 26.4. The quantitative estimate of drug-likeness (QED) is 0.264. The average Bonchev–Trinajstić information content (AvgIpc) is 3.50. The van der Waals surface area contributed by atoms with E-state index in [4.69, 9.17) is 21.7 Å². The van der Waals surface area contributed by atoms with Crippen molar-refractivity contribution >= 4 is 81.0 Å². The highest BCUT2D eigenvalue weighted by Crippen LogP contribution is 2.56. The lowest BCUT2D eigenvalue weighted by molar-refractivity contribution is -0.138. The molecular weight excluding hydrogens is 535 g/mol. The summed E-state index contributed by atoms with van der Waals surface area (Å²) < 4.78 is 10.5. The number of nitrogens with zero attached hydrogens (tertiary/aromatic N) is 1. The molecule has 4 rings (SSSR count). The number of esters is 2. The minimum atomic E-state index is -0.832. The van der Waals surface area contributed by atoms with Crippen LogP contribution in [-0.2, 0) is 30.3 Å². The normalized spacial score (nSPS) is 16.8. The fourth-order valence-corrected chi connectivity index (χ4v) is 7.89. The summed E-state index contributed by atoms with van der Waals surface area (Å²) in [4.78, 5) is 42.3. The molecule has 0 aliphatic carbocycles. The molecule has 2 aliphatic heterocycles. The highest BCUT2D eigenvalue weighted by atomic mass is 32.2. The predicted molar refractivity (Wildman–Crippen MR) is 151 cm³/mol. The molecule has 1 amide bonds. The van der Waals surface area contributed by atoms with Crippen LogP contribution in [0.2, 0.25) is 0 Å². The summed E-state index contributed by atoms with van der Waals surface area (Å²) in [5, 5.41) is 1.96. The van der Waals surface area contributed by atoms with Crippen molar-refractivity contribution in [2.45, 2.75) is 39.7 Å². The Morgan fingerprint density at radius 1 is 1.00 bits per heavy atom. The van der Waals surface area contributed by atoms with Crippen LogP contribution in [0.5, 0.6) is 0 Å². The van der Waals surface area contributed by atoms with E-state index in [2.05, 4.69) is 0 Å². The summed E-state index contributed by atoms with van der Waals surface area (Å²) >= 11 is 9.88. The van der Waals surface area contributed by atoms with Gasteiger partial charge in [-0.05, 0) is 62.4 Å². The van der Waals surface area contributed by atoms with Gasteiger partial charge in [0.2, 0.25) is 5.91 Å². The molecule has 0 saturated heterocycles. The average molecular weight is 560 g/mol. The van der Waals surface area contributed by atoms with Gasteiger partial charge in [-0.25, -0.2) is 9.59 Å². The van der Waals surface area contributed by atoms with Crippen LogP contribution >= 0.6 is 47.1 Å². The van der Waals surface area contributed by atoms with Crippen LogP contribution in [0.3, 0.4) is 0 Å². The number of carbonyl (C=O) groups is 3. The van der Waals surface area contributed by atoms with E-state index in [1.807, 2.05) is 57.3 Å². The van der Waals surface area contributed by atoms with E-state index in [0.29, 0.717) is 9.10 Å². The number of benzene rings is 1. The minimum Gasteiger partial charge on any atom is -0.465 e. The van der Waals surface area contributed by atoms with Gasteiger partial charge < -0.3 is 14.4 Å². The van der Waals surface area contributed by atoms with Gasteiger partial charge in [-0.2, -0.15) is 0 Å². The Hall–Kier alpha value is -2.40. The number of ether oxygens (including phenoxy) is 2. The van der Waals surface area contributed by atoms with Crippen molar-refractivity contribution in [1.82, 2.24) is 0 Å². The molecule has 3 heterocycles. The first-order chi connectivity index (χ1) is 17.0. The number of methoxy groups -OCH3 is 2. The molecule has 10 heteroatoms. The van der Waals surface area contributed by atoms with Gasteiger partial charge in [0.15, 0.2) is 0 Å². The highest BCUT2D eigenvalue weighted by molar-refractivity contribution is 8.29. The Labute approximate surface area is 228 Å². The number of thiophene rings is 1. The molecule has 2 aromatic rings. The van der Waals surface area contributed by atoms with Gasteiger partial charge in [0.25, 0.3) is 0 Å². The van der Waals surface area contributed by atoms with Crippen LogP contribution < -0.4 is 4.90 Å². The summed E-state index contributed by atoms with van der Waals surface area (Å²) in [6, 6.07) is 7.92. The zero-order valence-corrected chi connectivity index (χ0v) is 24.0. The van der Waals surface area contributed by atoms with E-state index in [1.165, 1.54) is 14.2 Å². The maximum atomic E-state index is 13.7. The number of anilines is 1. The summed E-state index contributed by atoms with van der Waals surface area (Å²) in [7, 11) is 2.54. The number of rotatable bonds is 4. The first-order valence-corrected chi connectivity index (χ1v) is 14.0. The lowest BCUT2D eigenvalue weighted by Gasteiger charge is -2.45. The molecule has 0 unspecified atom stereocenters. The number of hydrogen-bond acceptors (Lipinski definition) is 9. The van der Waals surface area contributed by atoms with Crippen molar-refractivity contribution in [1.29, 1.82) is 0 Å². The number of fused-ring (bicyclic) bond motifs is 1. The van der Waals surface area contributed by atoms with Gasteiger partial charge in [-0.15, -0.1) is 11.3 Å². The predicted octanol–water partition coefficient (Wildman–Crippen LogP) is 5.81. The maximum absolute atomic E-state index is 13.7. The highest BCUT2D eigenvalue weighted by Gasteiger charge is 2.46. The molecule has 1 aromatic carbocycles. The van der Waals surface area contributed by atoms with Crippen LogP contribution in [0.25, 0.3) is 5.57 Å². The van der Waals surface area contributed by atoms with Crippen LogP contribution in [0, 0.1) is 13.8 Å². The molecule has 0 atom stereocenters. The second-order valence-electron chi connectivity index (χ2n) is 8.84. The van der Waals surface area contributed by atoms with Crippen molar-refractivity contribution in [2.75, 3.05) is 19.1 Å². The molecule has 6 nitrogen and oxygen atoms in total. The number of thioether (sulfide) groups is 2. The summed E-state index contributed by atoms with van der Waals surface area (Å²) in [6.07, 6.45) is 0.270. The second-order valence-corrected chi connectivity index (χ2v) is 12.6. The molecule has 0 saturated carbocycles. The Morgan fingerprint density at radius 2 is 1.58 bits per heavy atom. The van der Waals surface area contributed by atoms with Gasteiger partial charge in [-0.1, -0.05) is 41.8 Å². The van der Waals surface area contributed by atoms with E-state index in [1.54, 1.807) is 16.2 Å². The Bertz CT molecular complexity index is 1320. The van der Waals surface area contributed by atoms with E-state index in [0.717, 1.165) is 56.4 Å². The Kier molecular flexibility index (Phi) is 7.52. The van der Waals surface area contributed by atoms with Gasteiger partial charge in [0, 0.05) is 16.0 Å². The minimum absolute atomic E-state index is 0.0475. The fraction of sp³-hybridized carbons (Fsp3) is 0.308. The largest absolute Gasteiger partial charge is 0.465 e. The van der Waals surface area contributed by atoms with Gasteiger partial charge in [0.05, 0.1) is 41.0 Å². The van der Waals surface area contributed by atoms with Crippen molar-refractivity contribution in [3.63, 3.8) is 0 Å². The Balaban J connectivity index is 1.90. The van der Waals surface area contributed by atoms with E-state index in [-0.39, 0.29) is 22.1 Å². The SMILES string of the molecule is COC(=O)C1=C(C(=O)OC)SC(=C2C(=S)C(C)(C)N(C(=O)Cc3cccs3)c3cc(C)c(C)cc32)S1. The van der Waals surface area contributed by atoms with Gasteiger partial charge in [-0.3, -0.25) is 4.79 Å². The molecule has 188 valence electrons. The van der Waals surface area contributed by atoms with Crippen molar-refractivity contribution < 1.29 is 23.9 Å². The fourth-order valence-electron chi connectivity index (χ4n) is 4.16. The third kappa shape index (κ3) is 4.55. The standard InChI is InChI=1S/C26H25NO5S4/c1-13-10-16-17(11-14(13)2)27(18(28)12-15-8-7-9-34-15)26(3,4)22(33)19(16)25-35-20(23(29)31-5)21(36-25)24(30)32-6/h7-11H,12H2,1-6H3. The van der Waals surface area contributed by atoms with Gasteiger partial charge in [0.1, 0.15) is 9.81 Å². The molecular formula is C26H25NO5S4. The molecule has 2 aliphatic rings. The van der Waals surface area contributed by atoms with E-state index in [9.17, 15) is 14.4 Å².